The SMILES string of the molecule is C/C=C1/C(=O)COC1C(C)C. The molecule has 1 rings (SSSR count). The van der Waals surface area contributed by atoms with Crippen LogP contribution in [0, 0.1) is 5.92 Å². The van der Waals surface area contributed by atoms with Gasteiger partial charge in [0.05, 0.1) is 6.10 Å². The third-order valence-electron chi connectivity index (χ3n) is 1.94. The number of ether oxygens (including phenoxy) is 1. The first-order valence-corrected chi connectivity index (χ1v) is 3.97. The molecule has 0 aromatic heterocycles. The van der Waals surface area contributed by atoms with Crippen LogP contribution in [-0.2, 0) is 9.53 Å². The van der Waals surface area contributed by atoms with Crippen LogP contribution in [0.3, 0.4) is 0 Å². The van der Waals surface area contributed by atoms with Crippen molar-refractivity contribution < 1.29 is 9.53 Å². The second-order valence-corrected chi connectivity index (χ2v) is 3.14. The van der Waals surface area contributed by atoms with Crippen molar-refractivity contribution in [2.45, 2.75) is 26.9 Å². The van der Waals surface area contributed by atoms with Crippen LogP contribution in [-0.4, -0.2) is 18.5 Å². The summed E-state index contributed by atoms with van der Waals surface area (Å²) in [4.78, 5) is 11.1. The average molecular weight is 154 g/mol. The van der Waals surface area contributed by atoms with Crippen LogP contribution < -0.4 is 0 Å². The summed E-state index contributed by atoms with van der Waals surface area (Å²) in [5.41, 5.74) is 0.847. The topological polar surface area (TPSA) is 26.3 Å². The van der Waals surface area contributed by atoms with Gasteiger partial charge in [-0.25, -0.2) is 0 Å². The van der Waals surface area contributed by atoms with E-state index >= 15 is 0 Å². The molecule has 1 aliphatic heterocycles. The van der Waals surface area contributed by atoms with Gasteiger partial charge in [0.15, 0.2) is 5.78 Å². The summed E-state index contributed by atoms with van der Waals surface area (Å²) in [6.45, 7) is 6.28. The van der Waals surface area contributed by atoms with Gasteiger partial charge in [-0.3, -0.25) is 4.79 Å². The first kappa shape index (κ1) is 8.47. The maximum atomic E-state index is 11.1. The lowest BCUT2D eigenvalue weighted by Gasteiger charge is -2.13. The number of carbonyl (C=O) groups is 1. The third kappa shape index (κ3) is 1.51. The summed E-state index contributed by atoms with van der Waals surface area (Å²) in [6.07, 6.45) is 1.90. The number of allylic oxidation sites excluding steroid dienone is 1. The van der Waals surface area contributed by atoms with E-state index in [4.69, 9.17) is 4.74 Å². The Balaban J connectivity index is 2.78. The van der Waals surface area contributed by atoms with E-state index in [0.717, 1.165) is 5.57 Å². The van der Waals surface area contributed by atoms with Gasteiger partial charge >= 0.3 is 0 Å². The first-order valence-electron chi connectivity index (χ1n) is 3.97. The Morgan fingerprint density at radius 2 is 2.27 bits per heavy atom. The first-order chi connectivity index (χ1) is 5.16. The maximum Gasteiger partial charge on any atom is 0.186 e. The Kier molecular flexibility index (Phi) is 2.45. The molecule has 11 heavy (non-hydrogen) atoms. The van der Waals surface area contributed by atoms with Crippen molar-refractivity contribution in [1.29, 1.82) is 0 Å². The Morgan fingerprint density at radius 3 is 2.64 bits per heavy atom. The number of hydrogen-bond donors (Lipinski definition) is 0. The van der Waals surface area contributed by atoms with Gasteiger partial charge in [0.2, 0.25) is 0 Å². The van der Waals surface area contributed by atoms with Crippen molar-refractivity contribution in [1.82, 2.24) is 0 Å². The monoisotopic (exact) mass is 154 g/mol. The van der Waals surface area contributed by atoms with Crippen molar-refractivity contribution in [3.05, 3.63) is 11.6 Å². The highest BCUT2D eigenvalue weighted by molar-refractivity contribution is 5.99. The number of Topliss-reactive ketones (excluding diaryl/α,β-unsaturated/α-hetero) is 1. The average Bonchev–Trinajstić information content (AvgIpc) is 2.30. The Bertz CT molecular complexity index is 192. The molecule has 1 heterocycles. The molecular weight excluding hydrogens is 140 g/mol. The third-order valence-corrected chi connectivity index (χ3v) is 1.94. The fourth-order valence-electron chi connectivity index (χ4n) is 1.37. The lowest BCUT2D eigenvalue weighted by atomic mass is 9.98. The van der Waals surface area contributed by atoms with E-state index in [1.807, 2.05) is 13.0 Å². The molecule has 0 spiro atoms. The summed E-state index contributed by atoms with van der Waals surface area (Å²) in [5, 5.41) is 0. The molecule has 2 heteroatoms. The predicted octanol–water partition coefficient (Wildman–Crippen LogP) is 1.56. The fraction of sp³-hybridized carbons (Fsp3) is 0.667. The minimum absolute atomic E-state index is 0.0347. The largest absolute Gasteiger partial charge is 0.365 e. The smallest absolute Gasteiger partial charge is 0.186 e. The van der Waals surface area contributed by atoms with Gasteiger partial charge in [-0.1, -0.05) is 19.9 Å². The normalized spacial score (nSPS) is 28.9. The standard InChI is InChI=1S/C9H14O2/c1-4-7-8(10)5-11-9(7)6(2)3/h4,6,9H,5H2,1-3H3/b7-4-. The van der Waals surface area contributed by atoms with E-state index in [2.05, 4.69) is 13.8 Å². The molecule has 62 valence electrons. The summed E-state index contributed by atoms with van der Waals surface area (Å²) >= 11 is 0. The Morgan fingerprint density at radius 1 is 1.64 bits per heavy atom. The van der Waals surface area contributed by atoms with Gasteiger partial charge < -0.3 is 4.74 Å². The highest BCUT2D eigenvalue weighted by atomic mass is 16.5. The fourth-order valence-corrected chi connectivity index (χ4v) is 1.37. The van der Waals surface area contributed by atoms with Crippen LogP contribution in [0.2, 0.25) is 0 Å². The summed E-state index contributed by atoms with van der Waals surface area (Å²) in [7, 11) is 0. The molecule has 2 nitrogen and oxygen atoms in total. The van der Waals surface area contributed by atoms with Gasteiger partial charge in [0, 0.05) is 5.57 Å². The van der Waals surface area contributed by atoms with E-state index in [9.17, 15) is 4.79 Å². The molecule has 0 amide bonds. The van der Waals surface area contributed by atoms with Crippen molar-refractivity contribution in [2.24, 2.45) is 5.92 Å². The molecule has 1 unspecified atom stereocenters. The molecule has 0 aliphatic carbocycles. The maximum absolute atomic E-state index is 11.1. The molecule has 1 aliphatic rings. The second kappa shape index (κ2) is 3.18. The number of rotatable bonds is 1. The van der Waals surface area contributed by atoms with Crippen molar-refractivity contribution >= 4 is 5.78 Å². The van der Waals surface area contributed by atoms with Gasteiger partial charge in [0.1, 0.15) is 6.61 Å². The molecule has 1 saturated heterocycles. The molecule has 1 fully saturated rings. The van der Waals surface area contributed by atoms with Crippen LogP contribution in [0.25, 0.3) is 0 Å². The molecule has 0 N–H and O–H groups in total. The highest BCUT2D eigenvalue weighted by Gasteiger charge is 2.30. The minimum atomic E-state index is 0.0347. The predicted molar refractivity (Wildman–Crippen MR) is 43.3 cm³/mol. The van der Waals surface area contributed by atoms with Crippen molar-refractivity contribution in [2.75, 3.05) is 6.61 Å². The summed E-state index contributed by atoms with van der Waals surface area (Å²) in [5.74, 6) is 0.541. The minimum Gasteiger partial charge on any atom is -0.365 e. The van der Waals surface area contributed by atoms with E-state index in [1.165, 1.54) is 0 Å². The molecule has 1 atom stereocenters. The zero-order chi connectivity index (χ0) is 8.43. The number of carbonyl (C=O) groups excluding carboxylic acids is 1. The summed E-state index contributed by atoms with van der Waals surface area (Å²) in [6, 6.07) is 0. The summed E-state index contributed by atoms with van der Waals surface area (Å²) < 4.78 is 5.31. The van der Waals surface area contributed by atoms with E-state index in [-0.39, 0.29) is 18.5 Å². The quantitative estimate of drug-likeness (QED) is 0.536. The van der Waals surface area contributed by atoms with E-state index in [0.29, 0.717) is 5.92 Å². The van der Waals surface area contributed by atoms with Crippen LogP contribution in [0.4, 0.5) is 0 Å². The highest BCUT2D eigenvalue weighted by Crippen LogP contribution is 2.22. The van der Waals surface area contributed by atoms with Crippen LogP contribution in [0.1, 0.15) is 20.8 Å². The van der Waals surface area contributed by atoms with Crippen molar-refractivity contribution in [3.8, 4) is 0 Å². The lowest BCUT2D eigenvalue weighted by Crippen LogP contribution is -2.16. The number of hydrogen-bond acceptors (Lipinski definition) is 2. The zero-order valence-electron chi connectivity index (χ0n) is 7.26. The molecule has 0 bridgehead atoms. The lowest BCUT2D eigenvalue weighted by molar-refractivity contribution is -0.115. The molecule has 0 aromatic rings. The Hall–Kier alpha value is -0.630. The Labute approximate surface area is 67.2 Å². The van der Waals surface area contributed by atoms with Crippen LogP contribution >= 0.6 is 0 Å². The van der Waals surface area contributed by atoms with Gasteiger partial charge in [-0.2, -0.15) is 0 Å². The molecule has 0 saturated carbocycles. The van der Waals surface area contributed by atoms with Gasteiger partial charge in [-0.15, -0.1) is 0 Å². The second-order valence-electron chi connectivity index (χ2n) is 3.14. The zero-order valence-corrected chi connectivity index (χ0v) is 7.26. The van der Waals surface area contributed by atoms with Crippen LogP contribution in [0.5, 0.6) is 0 Å². The van der Waals surface area contributed by atoms with Crippen molar-refractivity contribution in [3.63, 3.8) is 0 Å². The van der Waals surface area contributed by atoms with E-state index < -0.39 is 0 Å². The van der Waals surface area contributed by atoms with Gasteiger partial charge in [-0.05, 0) is 12.8 Å². The number of ketones is 1. The molecular formula is C9H14O2. The van der Waals surface area contributed by atoms with Gasteiger partial charge in [0.25, 0.3) is 0 Å². The molecule has 0 radical (unpaired) electrons. The van der Waals surface area contributed by atoms with Crippen LogP contribution in [0.15, 0.2) is 11.6 Å². The van der Waals surface area contributed by atoms with E-state index in [1.54, 1.807) is 0 Å². The molecule has 0 aromatic carbocycles.